The number of rotatable bonds is 1. The van der Waals surface area contributed by atoms with Crippen molar-refractivity contribution in [3.63, 3.8) is 0 Å². The number of aliphatic hydroxyl groups is 1. The van der Waals surface area contributed by atoms with E-state index >= 15 is 0 Å². The third-order valence-electron chi connectivity index (χ3n) is 3.68. The molecule has 4 nitrogen and oxygen atoms in total. The predicted octanol–water partition coefficient (Wildman–Crippen LogP) is -0.222. The smallest absolute Gasteiger partial charge is 0.0815 e. The average molecular weight is 227 g/mol. The highest BCUT2D eigenvalue weighted by atomic mass is 32.2. The summed E-state index contributed by atoms with van der Waals surface area (Å²) in [6.45, 7) is 0.177. The minimum absolute atomic E-state index is 0.0849. The molecule has 2 heterocycles. The predicted molar refractivity (Wildman–Crippen MR) is 61.1 cm³/mol. The minimum atomic E-state index is 0.0849. The Balaban J connectivity index is 1.78. The molecule has 0 aromatic heterocycles. The molecule has 1 aliphatic carbocycles. The second-order valence-corrected chi connectivity index (χ2v) is 5.27. The first-order valence-electron chi connectivity index (χ1n) is 5.59. The number of fused-ring (bicyclic) bond motifs is 3. The van der Waals surface area contributed by atoms with Crippen molar-refractivity contribution in [2.24, 2.45) is 5.92 Å². The lowest BCUT2D eigenvalue weighted by Gasteiger charge is -2.39. The topological polar surface area (TPSA) is 56.3 Å². The Hall–Kier alpha value is -0.0700. The molecule has 0 spiro atoms. The molecule has 1 saturated heterocycles. The summed E-state index contributed by atoms with van der Waals surface area (Å²) in [6.07, 6.45) is 4.80. The number of nitrogens with one attached hydrogen (secondary N) is 3. The largest absolute Gasteiger partial charge is 0.393 e. The van der Waals surface area contributed by atoms with E-state index < -0.39 is 0 Å². The van der Waals surface area contributed by atoms with Crippen molar-refractivity contribution >= 4 is 11.9 Å². The van der Waals surface area contributed by atoms with Gasteiger partial charge >= 0.3 is 0 Å². The van der Waals surface area contributed by atoms with Gasteiger partial charge in [-0.2, -0.15) is 0 Å². The molecule has 2 fully saturated rings. The SMILES string of the molecule is OCC1NC2CCC3NSC=CC3C2N1. The normalized spacial score (nSPS) is 48.7. The van der Waals surface area contributed by atoms with Crippen molar-refractivity contribution < 1.29 is 5.11 Å². The van der Waals surface area contributed by atoms with Crippen LogP contribution >= 0.6 is 11.9 Å². The van der Waals surface area contributed by atoms with Gasteiger partial charge < -0.3 is 5.11 Å². The Labute approximate surface area is 94.0 Å². The van der Waals surface area contributed by atoms with Gasteiger partial charge in [-0.3, -0.25) is 15.4 Å². The second kappa shape index (κ2) is 4.07. The standard InChI is InChI=1S/C10H17N3OS/c14-5-9-11-8-2-1-7-6(10(8)12-9)3-4-15-13-7/h3-4,6-14H,1-2,5H2. The van der Waals surface area contributed by atoms with Crippen molar-refractivity contribution in [3.8, 4) is 0 Å². The number of hydrogen-bond acceptors (Lipinski definition) is 5. The molecule has 0 radical (unpaired) electrons. The maximum absolute atomic E-state index is 9.15. The van der Waals surface area contributed by atoms with Crippen LogP contribution in [-0.4, -0.2) is 36.0 Å². The Morgan fingerprint density at radius 3 is 3.00 bits per heavy atom. The highest BCUT2D eigenvalue weighted by Gasteiger charge is 2.43. The van der Waals surface area contributed by atoms with Gasteiger partial charge in [0.05, 0.1) is 12.8 Å². The van der Waals surface area contributed by atoms with Gasteiger partial charge in [0.25, 0.3) is 0 Å². The highest BCUT2D eigenvalue weighted by molar-refractivity contribution is 8.00. The molecule has 15 heavy (non-hydrogen) atoms. The zero-order valence-corrected chi connectivity index (χ0v) is 9.33. The molecule has 4 N–H and O–H groups in total. The van der Waals surface area contributed by atoms with Gasteiger partial charge in [0, 0.05) is 24.0 Å². The van der Waals surface area contributed by atoms with E-state index in [1.165, 1.54) is 12.8 Å². The van der Waals surface area contributed by atoms with E-state index in [0.29, 0.717) is 24.0 Å². The third-order valence-corrected chi connectivity index (χ3v) is 4.41. The van der Waals surface area contributed by atoms with Gasteiger partial charge in [-0.1, -0.05) is 18.0 Å². The summed E-state index contributed by atoms with van der Waals surface area (Å²) in [4.78, 5) is 0. The third kappa shape index (κ3) is 1.72. The number of hydrogen-bond donors (Lipinski definition) is 4. The molecule has 3 aliphatic rings. The Morgan fingerprint density at radius 1 is 1.27 bits per heavy atom. The van der Waals surface area contributed by atoms with Crippen molar-refractivity contribution in [1.82, 2.24) is 15.4 Å². The first-order chi connectivity index (χ1) is 7.38. The zero-order chi connectivity index (χ0) is 10.3. The molecule has 0 amide bonds. The maximum atomic E-state index is 9.15. The van der Waals surface area contributed by atoms with E-state index in [9.17, 15) is 0 Å². The van der Waals surface area contributed by atoms with Gasteiger partial charge in [-0.05, 0) is 18.2 Å². The van der Waals surface area contributed by atoms with Crippen molar-refractivity contribution in [2.45, 2.75) is 37.1 Å². The molecule has 1 saturated carbocycles. The quantitative estimate of drug-likeness (QED) is 0.467. The highest BCUT2D eigenvalue weighted by Crippen LogP contribution is 2.33. The fourth-order valence-electron chi connectivity index (χ4n) is 2.96. The van der Waals surface area contributed by atoms with Crippen LogP contribution in [0.5, 0.6) is 0 Å². The molecule has 2 aliphatic heterocycles. The molecule has 3 rings (SSSR count). The summed E-state index contributed by atoms with van der Waals surface area (Å²) in [5, 5.41) is 18.2. The number of aliphatic hydroxyl groups excluding tert-OH is 1. The average Bonchev–Trinajstić information content (AvgIpc) is 2.72. The Kier molecular flexibility index (Phi) is 2.74. The van der Waals surface area contributed by atoms with Crippen LogP contribution in [0.4, 0.5) is 0 Å². The molecule has 5 unspecified atom stereocenters. The molecular formula is C10H17N3OS. The van der Waals surface area contributed by atoms with E-state index in [1.807, 2.05) is 0 Å². The van der Waals surface area contributed by atoms with Crippen LogP contribution in [0.3, 0.4) is 0 Å². The molecule has 5 atom stereocenters. The van der Waals surface area contributed by atoms with Crippen molar-refractivity contribution in [3.05, 3.63) is 11.5 Å². The molecule has 5 heteroatoms. The monoisotopic (exact) mass is 227 g/mol. The van der Waals surface area contributed by atoms with Gasteiger partial charge in [-0.15, -0.1) is 0 Å². The van der Waals surface area contributed by atoms with Crippen LogP contribution in [0, 0.1) is 5.92 Å². The first kappa shape index (κ1) is 10.1. The van der Waals surface area contributed by atoms with Gasteiger partial charge in [0.15, 0.2) is 0 Å². The van der Waals surface area contributed by atoms with E-state index in [0.717, 1.165) is 0 Å². The van der Waals surface area contributed by atoms with E-state index in [4.69, 9.17) is 5.11 Å². The summed E-state index contributed by atoms with van der Waals surface area (Å²) in [6, 6.07) is 1.59. The molecule has 0 aromatic carbocycles. The van der Waals surface area contributed by atoms with Crippen LogP contribution in [0.25, 0.3) is 0 Å². The zero-order valence-electron chi connectivity index (χ0n) is 8.52. The van der Waals surface area contributed by atoms with Crippen LogP contribution < -0.4 is 15.4 Å². The summed E-state index contributed by atoms with van der Waals surface area (Å²) < 4.78 is 3.47. The van der Waals surface area contributed by atoms with Gasteiger partial charge in [0.2, 0.25) is 0 Å². The summed E-state index contributed by atoms with van der Waals surface area (Å²) >= 11 is 1.69. The van der Waals surface area contributed by atoms with E-state index in [1.54, 1.807) is 11.9 Å². The molecular weight excluding hydrogens is 210 g/mol. The van der Waals surface area contributed by atoms with Crippen molar-refractivity contribution in [2.75, 3.05) is 6.61 Å². The van der Waals surface area contributed by atoms with Crippen LogP contribution in [0.15, 0.2) is 11.5 Å². The molecule has 0 bridgehead atoms. The van der Waals surface area contributed by atoms with Crippen molar-refractivity contribution in [1.29, 1.82) is 0 Å². The maximum Gasteiger partial charge on any atom is 0.0815 e. The van der Waals surface area contributed by atoms with Crippen LogP contribution in [0.2, 0.25) is 0 Å². The second-order valence-electron chi connectivity index (χ2n) is 4.53. The fraction of sp³-hybridized carbons (Fsp3) is 0.800. The lowest BCUT2D eigenvalue weighted by molar-refractivity contribution is 0.236. The first-order valence-corrected chi connectivity index (χ1v) is 6.47. The minimum Gasteiger partial charge on any atom is -0.393 e. The summed E-state index contributed by atoms with van der Waals surface area (Å²) in [7, 11) is 0. The summed E-state index contributed by atoms with van der Waals surface area (Å²) in [5.41, 5.74) is 0. The fourth-order valence-corrected chi connectivity index (χ4v) is 3.74. The van der Waals surface area contributed by atoms with Gasteiger partial charge in [-0.25, -0.2) is 0 Å². The lowest BCUT2D eigenvalue weighted by atomic mass is 9.78. The Bertz CT molecular complexity index is 273. The lowest BCUT2D eigenvalue weighted by Crippen LogP contribution is -2.53. The molecule has 0 aromatic rings. The molecule has 84 valence electrons. The van der Waals surface area contributed by atoms with Crippen LogP contribution in [-0.2, 0) is 0 Å². The van der Waals surface area contributed by atoms with Gasteiger partial charge in [0.1, 0.15) is 0 Å². The van der Waals surface area contributed by atoms with E-state index in [2.05, 4.69) is 26.8 Å². The Morgan fingerprint density at radius 2 is 2.13 bits per heavy atom. The van der Waals surface area contributed by atoms with Crippen LogP contribution in [0.1, 0.15) is 12.8 Å². The van der Waals surface area contributed by atoms with E-state index in [-0.39, 0.29) is 12.8 Å². The summed E-state index contributed by atoms with van der Waals surface area (Å²) in [5.74, 6) is 0.564.